The number of carbonyl (C=O) groups excluding carboxylic acids is 3. The standard InChI is InChI=1S/C32H44O6/c1-21(13-16-36-30(35)22-7-5-4-6-8-22)25-9-10-26-29-27(12-15-32(25,26)3)31(2)14-11-24(37-19-33)17-23(31)18-28(29)38-20-34/h4-8,19-21,23-29H,9-18H2,1-3H3/t21-,23?,24-,25-,26?,27?,28?,29?,31+,32-/m1/s1. The van der Waals surface area contributed by atoms with Gasteiger partial charge in [0.1, 0.15) is 12.2 Å². The van der Waals surface area contributed by atoms with Crippen molar-refractivity contribution in [2.24, 2.45) is 46.3 Å². The maximum atomic E-state index is 12.4. The molecule has 0 aliphatic heterocycles. The van der Waals surface area contributed by atoms with Crippen molar-refractivity contribution >= 4 is 18.9 Å². The van der Waals surface area contributed by atoms with E-state index in [1.165, 1.54) is 19.3 Å². The van der Waals surface area contributed by atoms with Gasteiger partial charge in [0, 0.05) is 5.92 Å². The normalized spacial score (nSPS) is 40.6. The lowest BCUT2D eigenvalue weighted by Crippen LogP contribution is -2.59. The summed E-state index contributed by atoms with van der Waals surface area (Å²) < 4.78 is 16.9. The van der Waals surface area contributed by atoms with E-state index in [0.717, 1.165) is 38.5 Å². The average Bonchev–Trinajstić information content (AvgIpc) is 3.27. The lowest BCUT2D eigenvalue weighted by molar-refractivity contribution is -0.190. The quantitative estimate of drug-likeness (QED) is 0.217. The van der Waals surface area contributed by atoms with Crippen LogP contribution in [-0.4, -0.2) is 37.7 Å². The van der Waals surface area contributed by atoms with Gasteiger partial charge in [-0.15, -0.1) is 0 Å². The predicted octanol–water partition coefficient (Wildman–Crippen LogP) is 6.22. The number of rotatable bonds is 9. The Hall–Kier alpha value is -2.37. The van der Waals surface area contributed by atoms with Crippen LogP contribution >= 0.6 is 0 Å². The molecule has 1 aromatic rings. The Morgan fingerprint density at radius 2 is 1.66 bits per heavy atom. The summed E-state index contributed by atoms with van der Waals surface area (Å²) in [6.07, 6.45) is 9.25. The van der Waals surface area contributed by atoms with Gasteiger partial charge in [-0.25, -0.2) is 4.79 Å². The van der Waals surface area contributed by atoms with Crippen LogP contribution in [0, 0.1) is 46.3 Å². The Labute approximate surface area is 227 Å². The molecule has 6 nitrogen and oxygen atoms in total. The van der Waals surface area contributed by atoms with Gasteiger partial charge in [-0.05, 0) is 110 Å². The van der Waals surface area contributed by atoms with Gasteiger partial charge in [-0.3, -0.25) is 9.59 Å². The predicted molar refractivity (Wildman–Crippen MR) is 143 cm³/mol. The number of ether oxygens (including phenoxy) is 3. The largest absolute Gasteiger partial charge is 0.465 e. The topological polar surface area (TPSA) is 78.9 Å². The van der Waals surface area contributed by atoms with Gasteiger partial charge < -0.3 is 14.2 Å². The highest BCUT2D eigenvalue weighted by Crippen LogP contribution is 2.68. The number of benzene rings is 1. The zero-order valence-corrected chi connectivity index (χ0v) is 23.2. The first-order chi connectivity index (χ1) is 18.3. The molecule has 38 heavy (non-hydrogen) atoms. The second-order valence-corrected chi connectivity index (χ2v) is 13.1. The average molecular weight is 525 g/mol. The van der Waals surface area contributed by atoms with Crippen LogP contribution in [0.1, 0.15) is 88.9 Å². The van der Waals surface area contributed by atoms with E-state index in [1.807, 2.05) is 18.2 Å². The summed E-state index contributed by atoms with van der Waals surface area (Å²) in [6.45, 7) is 8.97. The molecule has 1 aromatic carbocycles. The maximum absolute atomic E-state index is 12.4. The molecular formula is C32H44O6. The van der Waals surface area contributed by atoms with Crippen LogP contribution in [-0.2, 0) is 23.8 Å². The van der Waals surface area contributed by atoms with E-state index in [9.17, 15) is 14.4 Å². The fourth-order valence-corrected chi connectivity index (χ4v) is 9.75. The minimum absolute atomic E-state index is 0.0134. The summed E-state index contributed by atoms with van der Waals surface area (Å²) in [5.74, 6) is 2.64. The summed E-state index contributed by atoms with van der Waals surface area (Å²) in [5, 5.41) is 0. The molecule has 5 unspecified atom stereocenters. The first-order valence-corrected chi connectivity index (χ1v) is 14.7. The van der Waals surface area contributed by atoms with Crippen molar-refractivity contribution in [3.05, 3.63) is 35.9 Å². The molecule has 0 amide bonds. The van der Waals surface area contributed by atoms with Crippen LogP contribution < -0.4 is 0 Å². The number of carbonyl (C=O) groups is 3. The number of hydrogen-bond acceptors (Lipinski definition) is 6. The maximum Gasteiger partial charge on any atom is 0.338 e. The third-order valence-electron chi connectivity index (χ3n) is 11.7. The molecule has 0 radical (unpaired) electrons. The van der Waals surface area contributed by atoms with Gasteiger partial charge in [-0.1, -0.05) is 39.0 Å². The van der Waals surface area contributed by atoms with Crippen LogP contribution in [0.25, 0.3) is 0 Å². The lowest BCUT2D eigenvalue weighted by Gasteiger charge is -2.62. The van der Waals surface area contributed by atoms with Gasteiger partial charge in [0.15, 0.2) is 0 Å². The zero-order valence-electron chi connectivity index (χ0n) is 23.2. The Bertz CT molecular complexity index is 995. The molecule has 4 aliphatic carbocycles. The Morgan fingerprint density at radius 1 is 0.947 bits per heavy atom. The van der Waals surface area contributed by atoms with Crippen LogP contribution in [0.2, 0.25) is 0 Å². The molecule has 208 valence electrons. The SMILES string of the molecule is C[C@H](CCOC(=O)c1ccccc1)[C@H]1CCC2C3C(OC=O)CC4C[C@H](OC=O)CC[C@]4(C)C3CC[C@@]21C. The highest BCUT2D eigenvalue weighted by molar-refractivity contribution is 5.89. The minimum Gasteiger partial charge on any atom is -0.465 e. The summed E-state index contributed by atoms with van der Waals surface area (Å²) in [5.41, 5.74) is 1.01. The van der Waals surface area contributed by atoms with Crippen molar-refractivity contribution in [1.82, 2.24) is 0 Å². The van der Waals surface area contributed by atoms with E-state index in [4.69, 9.17) is 14.2 Å². The molecule has 4 saturated carbocycles. The monoisotopic (exact) mass is 524 g/mol. The van der Waals surface area contributed by atoms with Crippen molar-refractivity contribution in [3.63, 3.8) is 0 Å². The van der Waals surface area contributed by atoms with Gasteiger partial charge in [0.25, 0.3) is 12.9 Å². The lowest BCUT2D eigenvalue weighted by atomic mass is 9.43. The Kier molecular flexibility index (Phi) is 7.89. The van der Waals surface area contributed by atoms with E-state index in [2.05, 4.69) is 20.8 Å². The highest BCUT2D eigenvalue weighted by atomic mass is 16.5. The van der Waals surface area contributed by atoms with E-state index in [0.29, 0.717) is 60.6 Å². The van der Waals surface area contributed by atoms with Crippen molar-refractivity contribution in [2.75, 3.05) is 6.61 Å². The molecule has 6 heteroatoms. The second kappa shape index (κ2) is 11.0. The minimum atomic E-state index is -0.249. The van der Waals surface area contributed by atoms with Gasteiger partial charge in [0.05, 0.1) is 12.2 Å². The smallest absolute Gasteiger partial charge is 0.338 e. The van der Waals surface area contributed by atoms with E-state index < -0.39 is 0 Å². The van der Waals surface area contributed by atoms with Crippen molar-refractivity contribution in [1.29, 1.82) is 0 Å². The van der Waals surface area contributed by atoms with E-state index >= 15 is 0 Å². The van der Waals surface area contributed by atoms with Crippen LogP contribution in [0.15, 0.2) is 30.3 Å². The number of fused-ring (bicyclic) bond motifs is 5. The van der Waals surface area contributed by atoms with E-state index in [1.54, 1.807) is 12.1 Å². The van der Waals surface area contributed by atoms with Crippen LogP contribution in [0.4, 0.5) is 0 Å². The Morgan fingerprint density at radius 3 is 2.39 bits per heavy atom. The second-order valence-electron chi connectivity index (χ2n) is 13.1. The van der Waals surface area contributed by atoms with Crippen molar-refractivity contribution < 1.29 is 28.6 Å². The molecule has 0 heterocycles. The third-order valence-corrected chi connectivity index (χ3v) is 11.7. The van der Waals surface area contributed by atoms with Crippen LogP contribution in [0.3, 0.4) is 0 Å². The Balaban J connectivity index is 1.28. The summed E-state index contributed by atoms with van der Waals surface area (Å²) in [6, 6.07) is 9.20. The molecule has 4 fully saturated rings. The van der Waals surface area contributed by atoms with Gasteiger partial charge in [-0.2, -0.15) is 0 Å². The molecule has 0 aromatic heterocycles. The number of esters is 1. The summed E-state index contributed by atoms with van der Waals surface area (Å²) in [7, 11) is 0. The number of hydrogen-bond donors (Lipinski definition) is 0. The van der Waals surface area contributed by atoms with Gasteiger partial charge >= 0.3 is 5.97 Å². The molecule has 0 bridgehead atoms. The van der Waals surface area contributed by atoms with Gasteiger partial charge in [0.2, 0.25) is 0 Å². The summed E-state index contributed by atoms with van der Waals surface area (Å²) >= 11 is 0. The van der Waals surface area contributed by atoms with Crippen molar-refractivity contribution in [3.8, 4) is 0 Å². The third kappa shape index (κ3) is 4.77. The first kappa shape index (κ1) is 27.2. The van der Waals surface area contributed by atoms with Crippen molar-refractivity contribution in [2.45, 2.75) is 90.8 Å². The highest BCUT2D eigenvalue weighted by Gasteiger charge is 2.63. The molecule has 5 rings (SSSR count). The summed E-state index contributed by atoms with van der Waals surface area (Å²) in [4.78, 5) is 35.0. The fourth-order valence-electron chi connectivity index (χ4n) is 9.75. The molecule has 0 saturated heterocycles. The first-order valence-electron chi connectivity index (χ1n) is 14.7. The zero-order chi connectivity index (χ0) is 26.9. The van der Waals surface area contributed by atoms with E-state index in [-0.39, 0.29) is 29.0 Å². The van der Waals surface area contributed by atoms with Crippen LogP contribution in [0.5, 0.6) is 0 Å². The molecular weight excluding hydrogens is 480 g/mol. The molecule has 10 atom stereocenters. The fraction of sp³-hybridized carbons (Fsp3) is 0.719. The molecule has 4 aliphatic rings. The molecule has 0 spiro atoms. The molecule has 0 N–H and O–H groups in total.